The van der Waals surface area contributed by atoms with E-state index in [1.807, 2.05) is 6.07 Å². The van der Waals surface area contributed by atoms with E-state index in [1.54, 1.807) is 6.20 Å². The van der Waals surface area contributed by atoms with Gasteiger partial charge < -0.3 is 14.5 Å². The summed E-state index contributed by atoms with van der Waals surface area (Å²) in [6.45, 7) is 4.37. The Morgan fingerprint density at radius 3 is 2.23 bits per heavy atom. The number of halogens is 2. The van der Waals surface area contributed by atoms with Gasteiger partial charge in [-0.3, -0.25) is 0 Å². The second-order valence-electron chi connectivity index (χ2n) is 7.29. The van der Waals surface area contributed by atoms with Crippen molar-refractivity contribution in [2.45, 2.75) is 5.75 Å². The second-order valence-corrected chi connectivity index (χ2v) is 9.26. The fraction of sp³-hybridized carbons (Fsp3) is 0.474. The van der Waals surface area contributed by atoms with Crippen LogP contribution in [0.2, 0.25) is 0 Å². The van der Waals surface area contributed by atoms with Gasteiger partial charge in [0.2, 0.25) is 10.0 Å². The molecule has 2 fully saturated rings. The lowest BCUT2D eigenvalue weighted by Gasteiger charge is -2.35. The minimum atomic E-state index is -3.68. The standard InChI is InChI=1S/C19H23F2N5O3S/c20-16-9-15(10-17(21)11-16)14-30(27,28)26-3-1-24(2-4-26)18-12-19(23-22-13-18)25-5-7-29-8-6-25/h9-13H,1-8,14H2. The minimum absolute atomic E-state index is 0.100. The van der Waals surface area contributed by atoms with E-state index in [0.29, 0.717) is 26.3 Å². The molecule has 0 N–H and O–H groups in total. The number of hydrogen-bond acceptors (Lipinski definition) is 7. The molecule has 0 bridgehead atoms. The quantitative estimate of drug-likeness (QED) is 0.694. The average Bonchev–Trinajstić information content (AvgIpc) is 2.73. The van der Waals surface area contributed by atoms with Crippen LogP contribution >= 0.6 is 0 Å². The highest BCUT2D eigenvalue weighted by molar-refractivity contribution is 7.88. The van der Waals surface area contributed by atoms with Gasteiger partial charge in [0.1, 0.15) is 11.6 Å². The van der Waals surface area contributed by atoms with Gasteiger partial charge in [0.15, 0.2) is 5.82 Å². The van der Waals surface area contributed by atoms with E-state index < -0.39 is 27.4 Å². The number of hydrogen-bond donors (Lipinski definition) is 0. The molecule has 1 aromatic carbocycles. The van der Waals surface area contributed by atoms with Crippen molar-refractivity contribution < 1.29 is 21.9 Å². The Balaban J connectivity index is 1.39. The number of anilines is 2. The molecule has 0 amide bonds. The first-order valence-electron chi connectivity index (χ1n) is 9.74. The molecule has 0 saturated carbocycles. The highest BCUT2D eigenvalue weighted by Crippen LogP contribution is 2.22. The van der Waals surface area contributed by atoms with E-state index in [0.717, 1.165) is 42.8 Å². The topological polar surface area (TPSA) is 78.9 Å². The van der Waals surface area contributed by atoms with Gasteiger partial charge in [-0.1, -0.05) is 0 Å². The van der Waals surface area contributed by atoms with E-state index >= 15 is 0 Å². The van der Waals surface area contributed by atoms with Crippen molar-refractivity contribution in [3.8, 4) is 0 Å². The Kier molecular flexibility index (Phi) is 6.11. The third-order valence-electron chi connectivity index (χ3n) is 5.23. The summed E-state index contributed by atoms with van der Waals surface area (Å²) in [4.78, 5) is 4.17. The number of morpholine rings is 1. The van der Waals surface area contributed by atoms with Crippen LogP contribution in [0.1, 0.15) is 5.56 Å². The van der Waals surface area contributed by atoms with E-state index in [1.165, 1.54) is 4.31 Å². The molecule has 2 aliphatic rings. The zero-order valence-electron chi connectivity index (χ0n) is 16.4. The first-order chi connectivity index (χ1) is 14.4. The van der Waals surface area contributed by atoms with Gasteiger partial charge >= 0.3 is 0 Å². The lowest BCUT2D eigenvalue weighted by molar-refractivity contribution is 0.122. The summed E-state index contributed by atoms with van der Waals surface area (Å²) in [5.74, 6) is -1.23. The summed E-state index contributed by atoms with van der Waals surface area (Å²) < 4.78 is 58.9. The highest BCUT2D eigenvalue weighted by Gasteiger charge is 2.28. The fourth-order valence-corrected chi connectivity index (χ4v) is 5.18. The smallest absolute Gasteiger partial charge is 0.218 e. The summed E-state index contributed by atoms with van der Waals surface area (Å²) in [6.07, 6.45) is 1.67. The van der Waals surface area contributed by atoms with Crippen LogP contribution in [0.3, 0.4) is 0 Å². The van der Waals surface area contributed by atoms with Crippen LogP contribution in [0.4, 0.5) is 20.3 Å². The number of nitrogens with zero attached hydrogens (tertiary/aromatic N) is 5. The molecule has 0 spiro atoms. The van der Waals surface area contributed by atoms with Crippen molar-refractivity contribution in [2.75, 3.05) is 62.3 Å². The second kappa shape index (κ2) is 8.78. The molecule has 2 saturated heterocycles. The van der Waals surface area contributed by atoms with Crippen LogP contribution in [-0.2, 0) is 20.5 Å². The van der Waals surface area contributed by atoms with Crippen LogP contribution in [0.15, 0.2) is 30.5 Å². The fourth-order valence-electron chi connectivity index (χ4n) is 3.69. The molecule has 3 heterocycles. The van der Waals surface area contributed by atoms with Gasteiger partial charge in [-0.05, 0) is 17.7 Å². The van der Waals surface area contributed by atoms with Crippen molar-refractivity contribution in [3.05, 3.63) is 47.7 Å². The maximum atomic E-state index is 13.4. The number of benzene rings is 1. The molecule has 1 aromatic heterocycles. The van der Waals surface area contributed by atoms with Crippen LogP contribution in [0, 0.1) is 11.6 Å². The van der Waals surface area contributed by atoms with Gasteiger partial charge in [-0.2, -0.15) is 9.40 Å². The molecule has 0 aliphatic carbocycles. The normalized spacial score (nSPS) is 18.6. The largest absolute Gasteiger partial charge is 0.378 e. The summed E-state index contributed by atoms with van der Waals surface area (Å²) in [7, 11) is -3.68. The third-order valence-corrected chi connectivity index (χ3v) is 7.08. The first kappa shape index (κ1) is 20.9. The van der Waals surface area contributed by atoms with Crippen molar-refractivity contribution >= 4 is 21.5 Å². The van der Waals surface area contributed by atoms with Crippen molar-refractivity contribution in [3.63, 3.8) is 0 Å². The van der Waals surface area contributed by atoms with E-state index in [2.05, 4.69) is 20.0 Å². The van der Waals surface area contributed by atoms with Crippen molar-refractivity contribution in [1.29, 1.82) is 0 Å². The van der Waals surface area contributed by atoms with Crippen molar-refractivity contribution in [2.24, 2.45) is 0 Å². The number of ether oxygens (including phenoxy) is 1. The molecule has 162 valence electrons. The summed E-state index contributed by atoms with van der Waals surface area (Å²) in [5, 5.41) is 8.30. The van der Waals surface area contributed by atoms with Gasteiger partial charge in [-0.25, -0.2) is 17.2 Å². The molecular formula is C19H23F2N5O3S. The molecule has 0 atom stereocenters. The Morgan fingerprint density at radius 2 is 1.57 bits per heavy atom. The predicted octanol–water partition coefficient (Wildman–Crippen LogP) is 1.24. The van der Waals surface area contributed by atoms with Gasteiger partial charge in [0.05, 0.1) is 30.9 Å². The average molecular weight is 439 g/mol. The first-order valence-corrected chi connectivity index (χ1v) is 11.3. The molecule has 2 aromatic rings. The lowest BCUT2D eigenvalue weighted by Crippen LogP contribution is -2.49. The number of aromatic nitrogens is 2. The zero-order valence-corrected chi connectivity index (χ0v) is 17.2. The predicted molar refractivity (Wildman–Crippen MR) is 108 cm³/mol. The van der Waals surface area contributed by atoms with Crippen LogP contribution < -0.4 is 9.80 Å². The van der Waals surface area contributed by atoms with Crippen LogP contribution in [-0.4, -0.2) is 75.4 Å². The molecule has 0 unspecified atom stereocenters. The molecule has 8 nitrogen and oxygen atoms in total. The monoisotopic (exact) mass is 439 g/mol. The van der Waals surface area contributed by atoms with Crippen LogP contribution in [0.5, 0.6) is 0 Å². The molecule has 4 rings (SSSR count). The van der Waals surface area contributed by atoms with Crippen molar-refractivity contribution in [1.82, 2.24) is 14.5 Å². The minimum Gasteiger partial charge on any atom is -0.378 e. The van der Waals surface area contributed by atoms with Gasteiger partial charge in [0.25, 0.3) is 0 Å². The van der Waals surface area contributed by atoms with Gasteiger partial charge in [-0.15, -0.1) is 5.10 Å². The van der Waals surface area contributed by atoms with Crippen LogP contribution in [0.25, 0.3) is 0 Å². The Morgan fingerprint density at radius 1 is 0.900 bits per heavy atom. The van der Waals surface area contributed by atoms with Gasteiger partial charge in [0, 0.05) is 51.4 Å². The maximum absolute atomic E-state index is 13.4. The molecule has 0 radical (unpaired) electrons. The zero-order chi connectivity index (χ0) is 21.1. The molecule has 11 heteroatoms. The summed E-state index contributed by atoms with van der Waals surface area (Å²) in [6, 6.07) is 4.78. The molecule has 2 aliphatic heterocycles. The number of rotatable bonds is 5. The number of piperazine rings is 1. The Hall–Kier alpha value is -2.37. The third kappa shape index (κ3) is 4.85. The lowest BCUT2D eigenvalue weighted by atomic mass is 10.2. The SMILES string of the molecule is O=S(=O)(Cc1cc(F)cc(F)c1)N1CCN(c2cnnc(N3CCOCC3)c2)CC1. The summed E-state index contributed by atoms with van der Waals surface area (Å²) >= 11 is 0. The molecule has 30 heavy (non-hydrogen) atoms. The number of sulfonamides is 1. The van der Waals surface area contributed by atoms with E-state index in [-0.39, 0.29) is 18.7 Å². The Labute approximate surface area is 174 Å². The molecular weight excluding hydrogens is 416 g/mol. The Bertz CT molecular complexity index is 973. The van der Waals surface area contributed by atoms with E-state index in [4.69, 9.17) is 4.74 Å². The van der Waals surface area contributed by atoms with E-state index in [9.17, 15) is 17.2 Å². The maximum Gasteiger partial charge on any atom is 0.218 e. The highest BCUT2D eigenvalue weighted by atomic mass is 32.2. The summed E-state index contributed by atoms with van der Waals surface area (Å²) in [5.41, 5.74) is 0.985.